The molecule has 4 rings (SSSR count). The first-order chi connectivity index (χ1) is 12.7. The van der Waals surface area contributed by atoms with E-state index in [0.717, 1.165) is 36.2 Å². The van der Waals surface area contributed by atoms with Gasteiger partial charge in [0, 0.05) is 12.1 Å². The summed E-state index contributed by atoms with van der Waals surface area (Å²) < 4.78 is 1.59. The Labute approximate surface area is 151 Å². The Morgan fingerprint density at radius 1 is 1.12 bits per heavy atom. The maximum Gasteiger partial charge on any atom is 0.244 e. The van der Waals surface area contributed by atoms with Crippen molar-refractivity contribution in [3.63, 3.8) is 0 Å². The van der Waals surface area contributed by atoms with Gasteiger partial charge < -0.3 is 10.0 Å². The standard InChI is InChI=1S/C20H20N4O2/c25-17-10-8-16(9-11-17)19-7-4-12-24(19)20(26)14-23-13-18(21-22-23)15-5-2-1-3-6-15/h1-3,5-6,8-11,13,19,25H,4,7,12,14H2/t19-/m0/s1. The number of phenols is 1. The summed E-state index contributed by atoms with van der Waals surface area (Å²) in [6.45, 7) is 0.916. The quantitative estimate of drug-likeness (QED) is 0.787. The minimum atomic E-state index is 0.0325. The highest BCUT2D eigenvalue weighted by atomic mass is 16.3. The van der Waals surface area contributed by atoms with Crippen molar-refractivity contribution in [2.24, 2.45) is 0 Å². The number of rotatable bonds is 4. The van der Waals surface area contributed by atoms with Crippen LogP contribution in [-0.2, 0) is 11.3 Å². The molecule has 6 nitrogen and oxygen atoms in total. The van der Waals surface area contributed by atoms with E-state index >= 15 is 0 Å². The van der Waals surface area contributed by atoms with E-state index in [4.69, 9.17) is 0 Å². The van der Waals surface area contributed by atoms with Gasteiger partial charge in [-0.15, -0.1) is 5.10 Å². The smallest absolute Gasteiger partial charge is 0.244 e. The molecule has 2 aromatic carbocycles. The molecular weight excluding hydrogens is 328 g/mol. The maximum absolute atomic E-state index is 12.8. The predicted octanol–water partition coefficient (Wildman–Crippen LogP) is 3.01. The normalized spacial score (nSPS) is 16.8. The summed E-state index contributed by atoms with van der Waals surface area (Å²) in [5, 5.41) is 17.7. The van der Waals surface area contributed by atoms with Gasteiger partial charge in [-0.25, -0.2) is 4.68 Å². The maximum atomic E-state index is 12.8. The van der Waals surface area contributed by atoms with Crippen LogP contribution in [-0.4, -0.2) is 37.5 Å². The zero-order chi connectivity index (χ0) is 17.9. The van der Waals surface area contributed by atoms with E-state index in [0.29, 0.717) is 0 Å². The van der Waals surface area contributed by atoms with Crippen LogP contribution in [0.2, 0.25) is 0 Å². The number of hydrogen-bond donors (Lipinski definition) is 1. The molecule has 1 aromatic heterocycles. The highest BCUT2D eigenvalue weighted by molar-refractivity contribution is 5.77. The molecule has 1 atom stereocenters. The van der Waals surface area contributed by atoms with Crippen LogP contribution in [0.3, 0.4) is 0 Å². The van der Waals surface area contributed by atoms with Crippen LogP contribution < -0.4 is 0 Å². The Morgan fingerprint density at radius 3 is 2.65 bits per heavy atom. The molecular formula is C20H20N4O2. The number of carbonyl (C=O) groups is 1. The number of aromatic nitrogens is 3. The second-order valence-electron chi connectivity index (χ2n) is 6.50. The van der Waals surface area contributed by atoms with Crippen LogP contribution in [0.25, 0.3) is 11.3 Å². The molecule has 1 N–H and O–H groups in total. The molecule has 1 amide bonds. The van der Waals surface area contributed by atoms with Crippen LogP contribution in [0.1, 0.15) is 24.4 Å². The number of amides is 1. The van der Waals surface area contributed by atoms with Gasteiger partial charge in [0.1, 0.15) is 18.0 Å². The number of aromatic hydroxyl groups is 1. The van der Waals surface area contributed by atoms with Crippen LogP contribution in [0.15, 0.2) is 60.8 Å². The summed E-state index contributed by atoms with van der Waals surface area (Å²) in [6.07, 6.45) is 3.71. The van der Waals surface area contributed by atoms with Gasteiger partial charge >= 0.3 is 0 Å². The number of phenolic OH excluding ortho intramolecular Hbond substituents is 1. The first-order valence-electron chi connectivity index (χ1n) is 8.75. The Kier molecular flexibility index (Phi) is 4.39. The highest BCUT2D eigenvalue weighted by Crippen LogP contribution is 2.32. The van der Waals surface area contributed by atoms with Gasteiger partial charge in [0.15, 0.2) is 0 Å². The molecule has 1 saturated heterocycles. The van der Waals surface area contributed by atoms with Gasteiger partial charge in [-0.1, -0.05) is 47.7 Å². The monoisotopic (exact) mass is 348 g/mol. The lowest BCUT2D eigenvalue weighted by Crippen LogP contribution is -2.33. The van der Waals surface area contributed by atoms with Crippen molar-refractivity contribution >= 4 is 5.91 Å². The fourth-order valence-corrected chi connectivity index (χ4v) is 3.45. The topological polar surface area (TPSA) is 71.2 Å². The predicted molar refractivity (Wildman–Crippen MR) is 97.3 cm³/mol. The van der Waals surface area contributed by atoms with Gasteiger partial charge in [0.05, 0.1) is 12.2 Å². The zero-order valence-electron chi connectivity index (χ0n) is 14.3. The number of hydrogen-bond acceptors (Lipinski definition) is 4. The van der Waals surface area contributed by atoms with E-state index in [2.05, 4.69) is 10.3 Å². The number of carbonyl (C=O) groups excluding carboxylic acids is 1. The second kappa shape index (κ2) is 7.00. The molecule has 1 aliphatic rings. The van der Waals surface area contributed by atoms with Crippen LogP contribution >= 0.6 is 0 Å². The molecule has 0 aliphatic carbocycles. The Bertz CT molecular complexity index is 890. The van der Waals surface area contributed by atoms with Crippen LogP contribution in [0, 0.1) is 0 Å². The van der Waals surface area contributed by atoms with Crippen molar-refractivity contribution in [2.75, 3.05) is 6.54 Å². The molecule has 0 saturated carbocycles. The van der Waals surface area contributed by atoms with Crippen molar-refractivity contribution in [3.8, 4) is 17.0 Å². The SMILES string of the molecule is O=C(Cn1cc(-c2ccccc2)nn1)N1CCC[C@H]1c1ccc(O)cc1. The molecule has 26 heavy (non-hydrogen) atoms. The minimum Gasteiger partial charge on any atom is -0.508 e. The fourth-order valence-electron chi connectivity index (χ4n) is 3.45. The Morgan fingerprint density at radius 2 is 1.88 bits per heavy atom. The Balaban J connectivity index is 1.47. The van der Waals surface area contributed by atoms with Gasteiger partial charge in [0.25, 0.3) is 0 Å². The van der Waals surface area contributed by atoms with Crippen molar-refractivity contribution < 1.29 is 9.90 Å². The molecule has 6 heteroatoms. The van der Waals surface area contributed by atoms with Crippen LogP contribution in [0.4, 0.5) is 0 Å². The lowest BCUT2D eigenvalue weighted by molar-refractivity contribution is -0.133. The van der Waals surface area contributed by atoms with E-state index in [-0.39, 0.29) is 24.2 Å². The summed E-state index contributed by atoms with van der Waals surface area (Å²) in [7, 11) is 0. The minimum absolute atomic E-state index is 0.0325. The van der Waals surface area contributed by atoms with E-state index in [1.165, 1.54) is 0 Å². The third-order valence-corrected chi connectivity index (χ3v) is 4.76. The third-order valence-electron chi connectivity index (χ3n) is 4.76. The molecule has 1 fully saturated rings. The zero-order valence-corrected chi connectivity index (χ0v) is 14.3. The third kappa shape index (κ3) is 3.31. The molecule has 132 valence electrons. The van der Waals surface area contributed by atoms with Gasteiger partial charge in [-0.05, 0) is 30.5 Å². The molecule has 0 spiro atoms. The summed E-state index contributed by atoms with van der Waals surface area (Å²) in [4.78, 5) is 14.7. The molecule has 0 radical (unpaired) electrons. The average molecular weight is 348 g/mol. The second-order valence-corrected chi connectivity index (χ2v) is 6.50. The van der Waals surface area contributed by atoms with Crippen molar-refractivity contribution in [3.05, 3.63) is 66.4 Å². The summed E-state index contributed by atoms with van der Waals surface area (Å²) in [6, 6.07) is 16.9. The molecule has 0 bridgehead atoms. The summed E-state index contributed by atoms with van der Waals surface area (Å²) in [5.74, 6) is 0.269. The van der Waals surface area contributed by atoms with Crippen molar-refractivity contribution in [1.29, 1.82) is 0 Å². The van der Waals surface area contributed by atoms with E-state index in [9.17, 15) is 9.90 Å². The van der Waals surface area contributed by atoms with Crippen molar-refractivity contribution in [1.82, 2.24) is 19.9 Å². The molecule has 0 unspecified atom stereocenters. The van der Waals surface area contributed by atoms with E-state index < -0.39 is 0 Å². The molecule has 3 aromatic rings. The van der Waals surface area contributed by atoms with Crippen LogP contribution in [0.5, 0.6) is 5.75 Å². The van der Waals surface area contributed by atoms with E-state index in [1.807, 2.05) is 47.4 Å². The van der Waals surface area contributed by atoms with Gasteiger partial charge in [-0.2, -0.15) is 0 Å². The molecule has 1 aliphatic heterocycles. The fraction of sp³-hybridized carbons (Fsp3) is 0.250. The highest BCUT2D eigenvalue weighted by Gasteiger charge is 2.30. The van der Waals surface area contributed by atoms with Crippen molar-refractivity contribution in [2.45, 2.75) is 25.4 Å². The Hall–Kier alpha value is -3.15. The lowest BCUT2D eigenvalue weighted by Gasteiger charge is -2.25. The van der Waals surface area contributed by atoms with Gasteiger partial charge in [-0.3, -0.25) is 4.79 Å². The lowest BCUT2D eigenvalue weighted by atomic mass is 10.0. The largest absolute Gasteiger partial charge is 0.508 e. The first-order valence-corrected chi connectivity index (χ1v) is 8.75. The average Bonchev–Trinajstić information content (AvgIpc) is 3.33. The van der Waals surface area contributed by atoms with E-state index in [1.54, 1.807) is 23.0 Å². The van der Waals surface area contributed by atoms with Gasteiger partial charge in [0.2, 0.25) is 5.91 Å². The first kappa shape index (κ1) is 16.3. The molecule has 2 heterocycles. The number of likely N-dealkylation sites (tertiary alicyclic amines) is 1. The summed E-state index contributed by atoms with van der Waals surface area (Å²) >= 11 is 0. The number of benzene rings is 2. The number of nitrogens with zero attached hydrogens (tertiary/aromatic N) is 4. The summed E-state index contributed by atoms with van der Waals surface area (Å²) in [5.41, 5.74) is 2.79.